The van der Waals surface area contributed by atoms with E-state index >= 15 is 0 Å². The molecule has 5 aliphatic rings. The number of carbonyl (C=O) groups excluding carboxylic acids is 1. The van der Waals surface area contributed by atoms with Crippen LogP contribution in [0.15, 0.2) is 0 Å². The van der Waals surface area contributed by atoms with Gasteiger partial charge in [-0.05, 0) is 80.0 Å². The van der Waals surface area contributed by atoms with E-state index in [0.29, 0.717) is 11.8 Å². The van der Waals surface area contributed by atoms with Gasteiger partial charge in [-0.15, -0.1) is 0 Å². The number of aliphatic hydroxyl groups excluding tert-OH is 1. The van der Waals surface area contributed by atoms with Gasteiger partial charge in [0.2, 0.25) is 0 Å². The monoisotopic (exact) mass is 364 g/mol. The number of hydrogen-bond donors (Lipinski definition) is 2. The van der Waals surface area contributed by atoms with Crippen LogP contribution in [0.3, 0.4) is 0 Å². The summed E-state index contributed by atoms with van der Waals surface area (Å²) in [5.41, 5.74) is -0.428. The molecule has 0 heterocycles. The topological polar surface area (TPSA) is 66.8 Å². The highest BCUT2D eigenvalue weighted by atomic mass is 16.5. The number of ether oxygens (including phenoxy) is 1. The molecule has 7 atom stereocenters. The zero-order valence-corrected chi connectivity index (χ0v) is 16.9. The summed E-state index contributed by atoms with van der Waals surface area (Å²) in [5, 5.41) is 20.9. The lowest BCUT2D eigenvalue weighted by Crippen LogP contribution is -2.66. The molecule has 0 aromatic rings. The van der Waals surface area contributed by atoms with E-state index in [9.17, 15) is 15.0 Å². The first-order chi connectivity index (χ1) is 12.1. The second kappa shape index (κ2) is 5.70. The normalized spacial score (nSPS) is 52.1. The summed E-state index contributed by atoms with van der Waals surface area (Å²) in [7, 11) is 0. The van der Waals surface area contributed by atoms with Gasteiger partial charge in [0, 0.05) is 12.3 Å². The van der Waals surface area contributed by atoms with Crippen molar-refractivity contribution in [2.24, 2.45) is 34.0 Å². The average molecular weight is 365 g/mol. The van der Waals surface area contributed by atoms with Crippen molar-refractivity contribution in [2.45, 2.75) is 90.8 Å². The largest absolute Gasteiger partial charge is 0.462 e. The van der Waals surface area contributed by atoms with Crippen LogP contribution in [0.1, 0.15) is 79.1 Å². The van der Waals surface area contributed by atoms with Gasteiger partial charge in [-0.2, -0.15) is 0 Å². The summed E-state index contributed by atoms with van der Waals surface area (Å²) >= 11 is 0. The minimum Gasteiger partial charge on any atom is -0.462 e. The lowest BCUT2D eigenvalue weighted by Gasteiger charge is -2.70. The molecule has 0 saturated heterocycles. The van der Waals surface area contributed by atoms with E-state index in [4.69, 9.17) is 4.74 Å². The third-order valence-electron chi connectivity index (χ3n) is 9.45. The SMILES string of the molecule is CC(=O)O[C@@H]1CC[C@]2(C)[C@H](CC[C@@]34CC[C@@H](C[C@H]32)[C@](O)(CO)C4)C1(C)C. The standard InChI is InChI=1S/C22H36O4/c1-14(24)26-18-7-8-20(4)16(19(18,2)3)6-10-21-9-5-15(11-17(20)21)22(25,12-21)13-23/h15-18,23,25H,5-13H2,1-4H3/t15-,16+,17-,18+,20+,21+,22+/m0/s1. The summed E-state index contributed by atoms with van der Waals surface area (Å²) in [4.78, 5) is 11.6. The molecule has 2 N–H and O–H groups in total. The molecule has 5 rings (SSSR count). The molecule has 26 heavy (non-hydrogen) atoms. The van der Waals surface area contributed by atoms with Gasteiger partial charge in [0.05, 0.1) is 12.2 Å². The van der Waals surface area contributed by atoms with E-state index in [2.05, 4.69) is 20.8 Å². The summed E-state index contributed by atoms with van der Waals surface area (Å²) < 4.78 is 5.74. The van der Waals surface area contributed by atoms with Crippen LogP contribution in [0.2, 0.25) is 0 Å². The van der Waals surface area contributed by atoms with Crippen LogP contribution < -0.4 is 0 Å². The maximum atomic E-state index is 11.6. The van der Waals surface area contributed by atoms with Crippen molar-refractivity contribution in [3.8, 4) is 0 Å². The Hall–Kier alpha value is -0.610. The molecule has 5 aliphatic carbocycles. The summed E-state index contributed by atoms with van der Waals surface area (Å²) in [5.74, 6) is 1.25. The second-order valence-corrected chi connectivity index (χ2v) is 10.9. The average Bonchev–Trinajstić information content (AvgIpc) is 2.57. The number of rotatable bonds is 2. The maximum Gasteiger partial charge on any atom is 0.302 e. The first-order valence-corrected chi connectivity index (χ1v) is 10.6. The molecule has 5 fully saturated rings. The lowest BCUT2D eigenvalue weighted by atomic mass is 9.35. The van der Waals surface area contributed by atoms with Gasteiger partial charge < -0.3 is 14.9 Å². The molecule has 0 amide bonds. The van der Waals surface area contributed by atoms with Crippen LogP contribution in [0.4, 0.5) is 0 Å². The third kappa shape index (κ3) is 2.37. The van der Waals surface area contributed by atoms with Crippen molar-refractivity contribution in [2.75, 3.05) is 6.61 Å². The fourth-order valence-corrected chi connectivity index (χ4v) is 8.31. The van der Waals surface area contributed by atoms with E-state index in [1.807, 2.05) is 0 Å². The minimum absolute atomic E-state index is 0.00967. The molecule has 0 unspecified atom stereocenters. The number of aliphatic hydroxyl groups is 2. The van der Waals surface area contributed by atoms with Gasteiger partial charge in [-0.3, -0.25) is 4.79 Å². The van der Waals surface area contributed by atoms with Crippen molar-refractivity contribution in [1.29, 1.82) is 0 Å². The zero-order valence-electron chi connectivity index (χ0n) is 16.9. The van der Waals surface area contributed by atoms with Crippen molar-refractivity contribution < 1.29 is 19.7 Å². The predicted octanol–water partition coefficient (Wildman–Crippen LogP) is 3.68. The van der Waals surface area contributed by atoms with Crippen molar-refractivity contribution in [3.05, 3.63) is 0 Å². The van der Waals surface area contributed by atoms with E-state index in [-0.39, 0.29) is 40.8 Å². The molecule has 0 aliphatic heterocycles. The Morgan fingerprint density at radius 2 is 1.77 bits per heavy atom. The Morgan fingerprint density at radius 1 is 1.08 bits per heavy atom. The Kier molecular flexibility index (Phi) is 4.11. The Bertz CT molecular complexity index is 601. The smallest absolute Gasteiger partial charge is 0.302 e. The van der Waals surface area contributed by atoms with Crippen molar-refractivity contribution in [3.63, 3.8) is 0 Å². The quantitative estimate of drug-likeness (QED) is 0.734. The van der Waals surface area contributed by atoms with Crippen LogP contribution in [0.5, 0.6) is 0 Å². The van der Waals surface area contributed by atoms with Crippen molar-refractivity contribution in [1.82, 2.24) is 0 Å². The maximum absolute atomic E-state index is 11.6. The fraction of sp³-hybridized carbons (Fsp3) is 0.955. The van der Waals surface area contributed by atoms with Gasteiger partial charge in [-0.1, -0.05) is 20.8 Å². The zero-order chi connectivity index (χ0) is 19.0. The lowest BCUT2D eigenvalue weighted by molar-refractivity contribution is -0.254. The number of fused-ring (bicyclic) bond motifs is 3. The summed E-state index contributed by atoms with van der Waals surface area (Å²) in [6, 6.07) is 0. The molecule has 5 saturated carbocycles. The highest BCUT2D eigenvalue weighted by Crippen LogP contribution is 2.72. The molecule has 0 aromatic heterocycles. The minimum atomic E-state index is -0.859. The summed E-state index contributed by atoms with van der Waals surface area (Å²) in [6.45, 7) is 8.51. The number of esters is 1. The van der Waals surface area contributed by atoms with Crippen LogP contribution in [0.25, 0.3) is 0 Å². The Labute approximate surface area is 157 Å². The van der Waals surface area contributed by atoms with Gasteiger partial charge in [-0.25, -0.2) is 0 Å². The third-order valence-corrected chi connectivity index (χ3v) is 9.45. The predicted molar refractivity (Wildman–Crippen MR) is 99.3 cm³/mol. The molecule has 4 nitrogen and oxygen atoms in total. The van der Waals surface area contributed by atoms with E-state index in [0.717, 1.165) is 44.9 Å². The summed E-state index contributed by atoms with van der Waals surface area (Å²) in [6.07, 6.45) is 8.46. The Balaban J connectivity index is 1.66. The molecule has 0 radical (unpaired) electrons. The molecular weight excluding hydrogens is 328 g/mol. The van der Waals surface area contributed by atoms with Gasteiger partial charge in [0.1, 0.15) is 6.10 Å². The van der Waals surface area contributed by atoms with Crippen LogP contribution in [-0.4, -0.2) is 34.5 Å². The number of carbonyl (C=O) groups is 1. The highest BCUT2D eigenvalue weighted by Gasteiger charge is 2.67. The van der Waals surface area contributed by atoms with Gasteiger partial charge in [0.25, 0.3) is 0 Å². The van der Waals surface area contributed by atoms with Crippen molar-refractivity contribution >= 4 is 5.97 Å². The van der Waals surface area contributed by atoms with E-state index < -0.39 is 5.60 Å². The molecule has 148 valence electrons. The van der Waals surface area contributed by atoms with Crippen LogP contribution in [0, 0.1) is 34.0 Å². The van der Waals surface area contributed by atoms with Crippen LogP contribution >= 0.6 is 0 Å². The Morgan fingerprint density at radius 3 is 2.42 bits per heavy atom. The van der Waals surface area contributed by atoms with Crippen LogP contribution in [-0.2, 0) is 9.53 Å². The first-order valence-electron chi connectivity index (χ1n) is 10.6. The second-order valence-electron chi connectivity index (χ2n) is 10.9. The first kappa shape index (κ1) is 18.7. The molecular formula is C22H36O4. The van der Waals surface area contributed by atoms with Gasteiger partial charge in [0.15, 0.2) is 0 Å². The fourth-order valence-electron chi connectivity index (χ4n) is 8.31. The van der Waals surface area contributed by atoms with Gasteiger partial charge >= 0.3 is 5.97 Å². The molecule has 4 heteroatoms. The molecule has 1 spiro atoms. The van der Waals surface area contributed by atoms with E-state index in [1.54, 1.807) is 0 Å². The van der Waals surface area contributed by atoms with E-state index in [1.165, 1.54) is 13.3 Å². The number of hydrogen-bond acceptors (Lipinski definition) is 4. The highest BCUT2D eigenvalue weighted by molar-refractivity contribution is 5.66. The molecule has 0 aromatic carbocycles. The molecule has 2 bridgehead atoms.